The van der Waals surface area contributed by atoms with Gasteiger partial charge in [-0.15, -0.1) is 0 Å². The zero-order valence-electron chi connectivity index (χ0n) is 15.8. The first-order valence-corrected chi connectivity index (χ1v) is 9.79. The van der Waals surface area contributed by atoms with Crippen LogP contribution in [0.5, 0.6) is 0 Å². The van der Waals surface area contributed by atoms with Crippen molar-refractivity contribution in [2.24, 2.45) is 5.92 Å². The quantitative estimate of drug-likeness (QED) is 0.809. The molecule has 2 N–H and O–H groups in total. The van der Waals surface area contributed by atoms with Crippen LogP contribution in [0.4, 0.5) is 11.4 Å². The number of anilines is 2. The highest BCUT2D eigenvalue weighted by molar-refractivity contribution is 6.04. The third-order valence-corrected chi connectivity index (χ3v) is 5.06. The Bertz CT molecular complexity index is 840. The lowest BCUT2D eigenvalue weighted by molar-refractivity contribution is -0.117. The van der Waals surface area contributed by atoms with Gasteiger partial charge in [0, 0.05) is 42.5 Å². The van der Waals surface area contributed by atoms with Gasteiger partial charge in [-0.1, -0.05) is 12.1 Å². The molecule has 2 fully saturated rings. The summed E-state index contributed by atoms with van der Waals surface area (Å²) >= 11 is 0. The molecule has 0 spiro atoms. The Morgan fingerprint density at radius 3 is 2.43 bits per heavy atom. The molecule has 6 nitrogen and oxygen atoms in total. The van der Waals surface area contributed by atoms with Crippen LogP contribution in [0.1, 0.15) is 28.8 Å². The smallest absolute Gasteiger partial charge is 0.255 e. The van der Waals surface area contributed by atoms with Crippen LogP contribution < -0.4 is 10.6 Å². The fraction of sp³-hybridized carbons (Fsp3) is 0.364. The summed E-state index contributed by atoms with van der Waals surface area (Å²) in [5.74, 6) is 0.0607. The molecule has 1 saturated heterocycles. The Balaban J connectivity index is 1.34. The van der Waals surface area contributed by atoms with Gasteiger partial charge in [0.15, 0.2) is 0 Å². The van der Waals surface area contributed by atoms with E-state index >= 15 is 0 Å². The van der Waals surface area contributed by atoms with Crippen molar-refractivity contribution in [3.05, 3.63) is 59.7 Å². The van der Waals surface area contributed by atoms with E-state index in [9.17, 15) is 9.59 Å². The lowest BCUT2D eigenvalue weighted by atomic mass is 10.1. The molecule has 0 atom stereocenters. The molecule has 1 aliphatic carbocycles. The summed E-state index contributed by atoms with van der Waals surface area (Å²) in [6.45, 7) is 4.25. The molecule has 6 heteroatoms. The number of morpholine rings is 1. The van der Waals surface area contributed by atoms with E-state index < -0.39 is 0 Å². The minimum Gasteiger partial charge on any atom is -0.379 e. The van der Waals surface area contributed by atoms with Crippen molar-refractivity contribution in [2.45, 2.75) is 19.4 Å². The van der Waals surface area contributed by atoms with Crippen molar-refractivity contribution >= 4 is 23.2 Å². The first-order chi connectivity index (χ1) is 13.7. The van der Waals surface area contributed by atoms with Crippen molar-refractivity contribution < 1.29 is 14.3 Å². The maximum Gasteiger partial charge on any atom is 0.255 e. The fourth-order valence-corrected chi connectivity index (χ4v) is 3.26. The molecule has 0 aromatic heterocycles. The molecule has 146 valence electrons. The molecular formula is C22H25N3O3. The highest BCUT2D eigenvalue weighted by atomic mass is 16.5. The first kappa shape index (κ1) is 18.7. The molecular weight excluding hydrogens is 354 g/mol. The number of nitrogens with zero attached hydrogens (tertiary/aromatic N) is 1. The van der Waals surface area contributed by atoms with E-state index in [1.54, 1.807) is 24.3 Å². The Kier molecular flexibility index (Phi) is 5.69. The number of carbonyl (C=O) groups excluding carboxylic acids is 2. The highest BCUT2D eigenvalue weighted by Gasteiger charge is 2.29. The normalized spacial score (nSPS) is 17.1. The summed E-state index contributed by atoms with van der Waals surface area (Å²) < 4.78 is 5.39. The molecule has 0 unspecified atom stereocenters. The van der Waals surface area contributed by atoms with E-state index in [-0.39, 0.29) is 17.7 Å². The average Bonchev–Trinajstić information content (AvgIpc) is 3.55. The Morgan fingerprint density at radius 2 is 1.71 bits per heavy atom. The van der Waals surface area contributed by atoms with E-state index in [4.69, 9.17) is 4.74 Å². The van der Waals surface area contributed by atoms with Crippen LogP contribution in [-0.4, -0.2) is 43.0 Å². The Hall–Kier alpha value is -2.70. The minimum atomic E-state index is -0.163. The molecule has 0 radical (unpaired) electrons. The van der Waals surface area contributed by atoms with Gasteiger partial charge >= 0.3 is 0 Å². The predicted molar refractivity (Wildman–Crippen MR) is 108 cm³/mol. The van der Waals surface area contributed by atoms with Gasteiger partial charge < -0.3 is 15.4 Å². The average molecular weight is 379 g/mol. The van der Waals surface area contributed by atoms with Gasteiger partial charge in [-0.05, 0) is 54.8 Å². The van der Waals surface area contributed by atoms with Gasteiger partial charge in [-0.2, -0.15) is 0 Å². The molecule has 2 aromatic rings. The third kappa shape index (κ3) is 4.97. The van der Waals surface area contributed by atoms with E-state index in [2.05, 4.69) is 21.6 Å². The SMILES string of the molecule is O=C(Nc1cccc(CN2CCOCC2)c1)c1ccc(NC(=O)C2CC2)cc1. The fourth-order valence-electron chi connectivity index (χ4n) is 3.26. The van der Waals surface area contributed by atoms with Crippen LogP contribution in [0.2, 0.25) is 0 Å². The second-order valence-electron chi connectivity index (χ2n) is 7.38. The van der Waals surface area contributed by atoms with Gasteiger partial charge in [0.2, 0.25) is 5.91 Å². The lowest BCUT2D eigenvalue weighted by Crippen LogP contribution is -2.35. The number of ether oxygens (including phenoxy) is 1. The van der Waals surface area contributed by atoms with Gasteiger partial charge in [0.1, 0.15) is 0 Å². The second kappa shape index (κ2) is 8.54. The standard InChI is InChI=1S/C22H25N3O3/c26-21(17-4-5-17)23-19-8-6-18(7-9-19)22(27)24-20-3-1-2-16(14-20)15-25-10-12-28-13-11-25/h1-3,6-9,14,17H,4-5,10-13,15H2,(H,23,26)(H,24,27). The molecule has 1 heterocycles. The molecule has 4 rings (SSSR count). The summed E-state index contributed by atoms with van der Waals surface area (Å²) in [6.07, 6.45) is 1.94. The molecule has 1 saturated carbocycles. The van der Waals surface area contributed by atoms with E-state index in [1.165, 1.54) is 0 Å². The number of rotatable bonds is 6. The van der Waals surface area contributed by atoms with Gasteiger partial charge in [0.25, 0.3) is 5.91 Å². The van der Waals surface area contributed by atoms with Gasteiger partial charge in [-0.25, -0.2) is 0 Å². The summed E-state index contributed by atoms with van der Waals surface area (Å²) in [4.78, 5) is 26.7. The van der Waals surface area contributed by atoms with Crippen LogP contribution in [0.25, 0.3) is 0 Å². The van der Waals surface area contributed by atoms with Gasteiger partial charge in [0.05, 0.1) is 13.2 Å². The van der Waals surface area contributed by atoms with E-state index in [1.807, 2.05) is 18.2 Å². The Morgan fingerprint density at radius 1 is 0.964 bits per heavy atom. The monoisotopic (exact) mass is 379 g/mol. The summed E-state index contributed by atoms with van der Waals surface area (Å²) in [5, 5.41) is 5.84. The van der Waals surface area contributed by atoms with Crippen LogP contribution in [0, 0.1) is 5.92 Å². The number of nitrogens with one attached hydrogen (secondary N) is 2. The van der Waals surface area contributed by atoms with Crippen LogP contribution in [0.3, 0.4) is 0 Å². The largest absolute Gasteiger partial charge is 0.379 e. The van der Waals surface area contributed by atoms with Crippen LogP contribution in [0.15, 0.2) is 48.5 Å². The van der Waals surface area contributed by atoms with E-state index in [0.717, 1.165) is 62.6 Å². The zero-order chi connectivity index (χ0) is 19.3. The van der Waals surface area contributed by atoms with Gasteiger partial charge in [-0.3, -0.25) is 14.5 Å². The van der Waals surface area contributed by atoms with Crippen molar-refractivity contribution in [2.75, 3.05) is 36.9 Å². The second-order valence-corrected chi connectivity index (χ2v) is 7.38. The van der Waals surface area contributed by atoms with Crippen LogP contribution in [-0.2, 0) is 16.1 Å². The maximum atomic E-state index is 12.5. The number of carbonyl (C=O) groups is 2. The zero-order valence-corrected chi connectivity index (χ0v) is 15.8. The molecule has 0 bridgehead atoms. The number of hydrogen-bond donors (Lipinski definition) is 2. The van der Waals surface area contributed by atoms with Crippen LogP contribution >= 0.6 is 0 Å². The topological polar surface area (TPSA) is 70.7 Å². The first-order valence-electron chi connectivity index (χ1n) is 9.79. The maximum absolute atomic E-state index is 12.5. The number of amides is 2. The summed E-state index contributed by atoms with van der Waals surface area (Å²) in [7, 11) is 0. The number of hydrogen-bond acceptors (Lipinski definition) is 4. The predicted octanol–water partition coefficient (Wildman–Crippen LogP) is 3.12. The minimum absolute atomic E-state index is 0.0642. The molecule has 2 amide bonds. The summed E-state index contributed by atoms with van der Waals surface area (Å²) in [5.41, 5.74) is 3.23. The van der Waals surface area contributed by atoms with Crippen molar-refractivity contribution in [1.29, 1.82) is 0 Å². The van der Waals surface area contributed by atoms with E-state index in [0.29, 0.717) is 5.56 Å². The number of benzene rings is 2. The highest BCUT2D eigenvalue weighted by Crippen LogP contribution is 2.30. The molecule has 1 aliphatic heterocycles. The van der Waals surface area contributed by atoms with Crippen molar-refractivity contribution in [1.82, 2.24) is 4.90 Å². The molecule has 2 aromatic carbocycles. The third-order valence-electron chi connectivity index (χ3n) is 5.06. The molecule has 2 aliphatic rings. The summed E-state index contributed by atoms with van der Waals surface area (Å²) in [6, 6.07) is 14.9. The molecule has 28 heavy (non-hydrogen) atoms. The van der Waals surface area contributed by atoms with Crippen molar-refractivity contribution in [3.8, 4) is 0 Å². The Labute approximate surface area is 164 Å². The lowest BCUT2D eigenvalue weighted by Gasteiger charge is -2.26. The van der Waals surface area contributed by atoms with Crippen molar-refractivity contribution in [3.63, 3.8) is 0 Å².